The number of benzene rings is 3. The van der Waals surface area contributed by atoms with Gasteiger partial charge in [0.05, 0.1) is 156 Å². The van der Waals surface area contributed by atoms with Gasteiger partial charge in [-0.3, -0.25) is 53.7 Å². The molecule has 28 heteroatoms. The predicted molar refractivity (Wildman–Crippen MR) is 466 cm³/mol. The smallest absolute Gasteiger partial charge is 0.416 e. The van der Waals surface area contributed by atoms with Crippen LogP contribution in [0.15, 0.2) is 137 Å². The van der Waals surface area contributed by atoms with Crippen molar-refractivity contribution in [3.8, 4) is 23.0 Å². The summed E-state index contributed by atoms with van der Waals surface area (Å²) in [6.45, 7) is 21.8. The molecule has 1 aliphatic heterocycles. The maximum absolute atomic E-state index is 14.6. The monoisotopic (exact) mass is 1700 g/mol. The van der Waals surface area contributed by atoms with Crippen molar-refractivity contribution in [2.75, 3.05) is 138 Å². The summed E-state index contributed by atoms with van der Waals surface area (Å²) in [4.78, 5) is 126. The average Bonchev–Trinajstić information content (AvgIpc) is 1.76. The summed E-state index contributed by atoms with van der Waals surface area (Å²) in [5.74, 6) is -2.90. The van der Waals surface area contributed by atoms with Gasteiger partial charge >= 0.3 is 6.09 Å². The van der Waals surface area contributed by atoms with Crippen LogP contribution in [0.2, 0.25) is 0 Å². The van der Waals surface area contributed by atoms with Crippen LogP contribution in [-0.4, -0.2) is 221 Å². The standard InChI is InChI=1S/C95H125N5O23/c1-61(2)91(99-89(106)28-32-114-34-36-116-38-40-118-42-44-120-46-45-119-43-41-117-39-37-115-35-33-113-31-27-64(5)81(102)22-18-21-71-52-83(104)76(54-82(71)103)69-19-14-11-12-15-20-69)93(108)78(96)51-66(7)92(107)90(97)70-25-23-68(24-26-70)60-123-95(110)100(94(109)74-50-62(3)47-65(74)6)80-58-88(85(111-9)55-75(80)67(8)101)122-30-17-13-16-29-121-87-57-79-77(56-86(87)112-10)84(105)53-72-48-63(4)49-73(72)59-98-79/h11-12,14-15,19,21,23-26,47-48,55-59,61,65-66,72-74,76,91,94,96-97,109H,5,13,16-18,20,22,27-46,49-54,60H2,1-4,6-10H3,(H,99,106)/b71-21-,96-78?,97-90?,98-59?/t65?,66-,72?,73+,74-,76?,91+,94?/m1/s1. The van der Waals surface area contributed by atoms with Gasteiger partial charge in [-0.1, -0.05) is 124 Å². The summed E-state index contributed by atoms with van der Waals surface area (Å²) in [5, 5.41) is 32.5. The number of anilines is 1. The number of ether oxygens (including phenoxy) is 13. The number of rotatable bonds is 57. The van der Waals surface area contributed by atoms with Gasteiger partial charge in [0.1, 0.15) is 24.3 Å². The lowest BCUT2D eigenvalue weighted by Crippen LogP contribution is -2.47. The summed E-state index contributed by atoms with van der Waals surface area (Å²) in [7, 11) is 2.97. The molecular formula is C95H125N5O23. The van der Waals surface area contributed by atoms with E-state index in [0.29, 0.717) is 183 Å². The maximum atomic E-state index is 14.6. The largest absolute Gasteiger partial charge is 0.493 e. The zero-order valence-corrected chi connectivity index (χ0v) is 72.9. The second kappa shape index (κ2) is 52.0. The van der Waals surface area contributed by atoms with Gasteiger partial charge < -0.3 is 77.4 Å². The fourth-order valence-corrected chi connectivity index (χ4v) is 15.0. The highest BCUT2D eigenvalue weighted by molar-refractivity contribution is 6.47. The highest BCUT2D eigenvalue weighted by Gasteiger charge is 2.40. The number of carbonyl (C=O) groups is 9. The van der Waals surface area contributed by atoms with Crippen molar-refractivity contribution in [2.24, 2.45) is 46.4 Å². The van der Waals surface area contributed by atoms with Crippen molar-refractivity contribution in [3.63, 3.8) is 0 Å². The lowest BCUT2D eigenvalue weighted by Gasteiger charge is -2.34. The quantitative estimate of drug-likeness (QED) is 0.0102. The first-order valence-electron chi connectivity index (χ1n) is 42.8. The number of allylic oxidation sites excluding steroid dienone is 12. The molecule has 123 heavy (non-hydrogen) atoms. The van der Waals surface area contributed by atoms with Crippen LogP contribution in [0.25, 0.3) is 0 Å². The number of aliphatic hydroxyl groups excluding tert-OH is 1. The highest BCUT2D eigenvalue weighted by Crippen LogP contribution is 2.43. The Bertz CT molecular complexity index is 4380. The first-order valence-corrected chi connectivity index (χ1v) is 42.8. The van der Waals surface area contributed by atoms with Gasteiger partial charge in [-0.05, 0) is 119 Å². The molecule has 8 rings (SSSR count). The Morgan fingerprint density at radius 3 is 1.80 bits per heavy atom. The number of aliphatic imine (C=N–C) groups is 1. The minimum absolute atomic E-state index is 0.0126. The van der Waals surface area contributed by atoms with Gasteiger partial charge in [-0.15, -0.1) is 0 Å². The van der Waals surface area contributed by atoms with Crippen molar-refractivity contribution in [1.29, 1.82) is 10.8 Å². The normalized spacial score (nSPS) is 18.4. The Hall–Kier alpha value is -9.88. The van der Waals surface area contributed by atoms with Crippen LogP contribution in [0.4, 0.5) is 16.2 Å². The Kier molecular flexibility index (Phi) is 41.7. The number of nitrogens with one attached hydrogen (secondary N) is 3. The van der Waals surface area contributed by atoms with Crippen LogP contribution in [0.1, 0.15) is 170 Å². The highest BCUT2D eigenvalue weighted by atomic mass is 16.6. The van der Waals surface area contributed by atoms with Crippen molar-refractivity contribution in [1.82, 2.24) is 5.32 Å². The van der Waals surface area contributed by atoms with Gasteiger partial charge in [0.15, 0.2) is 57.7 Å². The minimum Gasteiger partial charge on any atom is -0.493 e. The van der Waals surface area contributed by atoms with Crippen LogP contribution in [-0.2, 0) is 78.0 Å². The number of carbonyl (C=O) groups excluding carboxylic acids is 9. The third-order valence-electron chi connectivity index (χ3n) is 22.0. The lowest BCUT2D eigenvalue weighted by atomic mass is 9.78. The molecular weight excluding hydrogens is 1580 g/mol. The first-order chi connectivity index (χ1) is 59.3. The van der Waals surface area contributed by atoms with E-state index in [1.807, 2.05) is 56.5 Å². The van der Waals surface area contributed by atoms with E-state index in [-0.39, 0.29) is 152 Å². The zero-order valence-electron chi connectivity index (χ0n) is 72.9. The summed E-state index contributed by atoms with van der Waals surface area (Å²) >= 11 is 0. The van der Waals surface area contributed by atoms with Crippen molar-refractivity contribution >= 4 is 81.5 Å². The number of hydrogen-bond donors (Lipinski definition) is 4. The predicted octanol–water partition coefficient (Wildman–Crippen LogP) is 13.9. The average molecular weight is 1710 g/mol. The Morgan fingerprint density at radius 2 is 1.22 bits per heavy atom. The summed E-state index contributed by atoms with van der Waals surface area (Å²) in [6, 6.07) is 11.6. The molecule has 8 atom stereocenters. The zero-order chi connectivity index (χ0) is 88.7. The van der Waals surface area contributed by atoms with E-state index >= 15 is 0 Å². The van der Waals surface area contributed by atoms with Gasteiger partial charge in [0, 0.05) is 97.2 Å². The molecule has 2 amide bonds. The Labute approximate surface area is 722 Å². The van der Waals surface area contributed by atoms with E-state index in [2.05, 4.69) is 24.9 Å². The van der Waals surface area contributed by atoms with Crippen LogP contribution in [0.5, 0.6) is 23.0 Å². The van der Waals surface area contributed by atoms with E-state index in [0.717, 1.165) is 22.5 Å². The van der Waals surface area contributed by atoms with Crippen molar-refractivity contribution in [3.05, 3.63) is 154 Å². The van der Waals surface area contributed by atoms with Gasteiger partial charge in [0.2, 0.25) is 5.91 Å². The summed E-state index contributed by atoms with van der Waals surface area (Å²) in [6.07, 6.45) is 20.3. The van der Waals surface area contributed by atoms with Crippen LogP contribution < -0.4 is 29.2 Å². The molecule has 0 radical (unpaired) electrons. The first kappa shape index (κ1) is 98.6. The second-order valence-corrected chi connectivity index (χ2v) is 31.8. The Morgan fingerprint density at radius 1 is 0.642 bits per heavy atom. The number of hydrogen-bond acceptors (Lipinski definition) is 26. The fraction of sp³-hybridized carbons (Fsp3) is 0.537. The summed E-state index contributed by atoms with van der Waals surface area (Å²) in [5.41, 5.74) is 5.32. The number of aliphatic hydroxyl groups is 1. The number of methoxy groups -OCH3 is 2. The second-order valence-electron chi connectivity index (χ2n) is 31.8. The number of unbranched alkanes of at least 4 members (excludes halogenated alkanes) is 2. The third kappa shape index (κ3) is 31.4. The molecule has 668 valence electrons. The fourth-order valence-electron chi connectivity index (χ4n) is 15.0. The number of ketones is 7. The molecule has 0 bridgehead atoms. The van der Waals surface area contributed by atoms with E-state index in [9.17, 15) is 48.3 Å². The van der Waals surface area contributed by atoms with Crippen LogP contribution >= 0.6 is 0 Å². The molecule has 4 aliphatic carbocycles. The molecule has 28 nitrogen and oxygen atoms in total. The molecule has 4 unspecified atom stereocenters. The molecule has 3 aromatic rings. The SMILES string of the molecule is C=C(CCOCCOCCOCCOCCOCCOCCOCCOCCC(=O)N[C@H](C(=O)C(=N)C[C@@H](C)C(=O)C(=N)c1ccc(COC(=O)N(c2cc(OCCCCCOc3cc4c(cc3OC)C(=O)CC3C=C(C)C[C@H]3C=N4)c(OC)cc2C(C)=O)C(O)[C@@H]2CC(C)=CC2C)cc1)C(C)C)C(=O)CC/C=C1/CC(=O)C(C2=CC=CC=CC2)CC1=O. The van der Waals surface area contributed by atoms with E-state index in [4.69, 9.17) is 77.4 Å². The molecule has 0 spiro atoms. The molecule has 0 aromatic heterocycles. The lowest BCUT2D eigenvalue weighted by molar-refractivity contribution is -0.128. The number of nitrogens with zero attached hydrogens (tertiary/aromatic N) is 2. The van der Waals surface area contributed by atoms with Crippen LogP contribution in [0.3, 0.4) is 0 Å². The van der Waals surface area contributed by atoms with Gasteiger partial charge in [-0.2, -0.15) is 0 Å². The summed E-state index contributed by atoms with van der Waals surface area (Å²) < 4.78 is 74.3. The maximum Gasteiger partial charge on any atom is 0.416 e. The molecule has 5 aliphatic rings. The molecule has 1 saturated carbocycles. The van der Waals surface area contributed by atoms with E-state index in [1.54, 1.807) is 44.2 Å². The molecule has 1 fully saturated rings. The van der Waals surface area contributed by atoms with Crippen LogP contribution in [0, 0.1) is 52.2 Å². The number of fused-ring (bicyclic) bond motifs is 2. The molecule has 4 N–H and O–H groups in total. The molecule has 1 heterocycles. The van der Waals surface area contributed by atoms with E-state index in [1.165, 1.54) is 57.9 Å². The molecule has 0 saturated heterocycles. The number of Topliss-reactive ketones (excluding diaryl/α,β-unsaturated/α-hetero) is 7. The molecule has 3 aromatic carbocycles. The van der Waals surface area contributed by atoms with E-state index < -0.39 is 59.4 Å². The van der Waals surface area contributed by atoms with Gasteiger partial charge in [-0.25, -0.2) is 4.79 Å². The van der Waals surface area contributed by atoms with Crippen molar-refractivity contribution in [2.45, 2.75) is 157 Å². The third-order valence-corrected chi connectivity index (χ3v) is 22.0. The minimum atomic E-state index is -1.46. The number of amides is 2. The van der Waals surface area contributed by atoms with Crippen molar-refractivity contribution < 1.29 is 110 Å². The Balaban J connectivity index is 0.644. The topological polar surface area (TPSA) is 369 Å². The van der Waals surface area contributed by atoms with Gasteiger partial charge in [0.25, 0.3) is 0 Å².